The van der Waals surface area contributed by atoms with E-state index in [-0.39, 0.29) is 24.0 Å². The van der Waals surface area contributed by atoms with Crippen molar-refractivity contribution in [3.05, 3.63) is 0 Å². The topological polar surface area (TPSA) is 76.1 Å². The van der Waals surface area contributed by atoms with E-state index < -0.39 is 5.41 Å². The van der Waals surface area contributed by atoms with Crippen LogP contribution in [0.5, 0.6) is 0 Å². The highest BCUT2D eigenvalue weighted by Gasteiger charge is 2.28. The molecule has 0 bridgehead atoms. The van der Waals surface area contributed by atoms with Crippen molar-refractivity contribution in [2.24, 2.45) is 16.7 Å². The Bertz CT molecular complexity index is 805. The number of unbranched alkanes of at least 4 members (excludes halogenated alkanes) is 15. The minimum absolute atomic E-state index is 0.0146. The lowest BCUT2D eigenvalue weighted by atomic mass is 9.87. The number of esters is 2. The second-order valence-electron chi connectivity index (χ2n) is 17.6. The highest BCUT2D eigenvalue weighted by molar-refractivity contribution is 5.75. The lowest BCUT2D eigenvalue weighted by Crippen LogP contribution is -2.28. The van der Waals surface area contributed by atoms with E-state index in [1.54, 1.807) is 0 Å². The Morgan fingerprint density at radius 1 is 0.558 bits per heavy atom. The number of carbonyl (C=O) groups is 2. The summed E-state index contributed by atoms with van der Waals surface area (Å²) < 4.78 is 11.4. The molecule has 0 rings (SSSR count). The summed E-state index contributed by atoms with van der Waals surface area (Å²) in [5, 5.41) is 9.31. The van der Waals surface area contributed by atoms with Crippen LogP contribution in [0.2, 0.25) is 0 Å². The molecule has 0 heterocycles. The first kappa shape index (κ1) is 50.9. The van der Waals surface area contributed by atoms with Gasteiger partial charge in [-0.3, -0.25) is 9.59 Å². The van der Waals surface area contributed by atoms with Crippen molar-refractivity contribution in [2.75, 3.05) is 39.5 Å². The Kier molecular flexibility index (Phi) is 33.6. The van der Waals surface area contributed by atoms with Crippen LogP contribution in [0, 0.1) is 16.7 Å². The standard InChI is InChI=1S/C46H91NO5/c1-8-11-14-15-16-19-29-40-51-44(50)46(6,7)35-24-17-18-25-36-47(38-27-28-39-48)37-26-20-23-34-45(4,5)41-52-43(49)33-22-21-32-42(30-12-9-2)31-13-10-3/h42,48H,8-41H2,1-7H3. The maximum absolute atomic E-state index is 12.7. The quantitative estimate of drug-likeness (QED) is 0.0500. The third-order valence-corrected chi connectivity index (χ3v) is 11.1. The fourth-order valence-electron chi connectivity index (χ4n) is 7.22. The molecule has 52 heavy (non-hydrogen) atoms. The number of nitrogens with zero attached hydrogens (tertiary/aromatic N) is 1. The normalized spacial score (nSPS) is 12.3. The fourth-order valence-corrected chi connectivity index (χ4v) is 7.22. The van der Waals surface area contributed by atoms with E-state index in [0.717, 1.165) is 96.2 Å². The number of hydrogen-bond acceptors (Lipinski definition) is 6. The smallest absolute Gasteiger partial charge is 0.311 e. The molecule has 0 aliphatic heterocycles. The van der Waals surface area contributed by atoms with Crippen LogP contribution in [0.4, 0.5) is 0 Å². The van der Waals surface area contributed by atoms with Crippen LogP contribution < -0.4 is 0 Å². The van der Waals surface area contributed by atoms with Crippen molar-refractivity contribution in [3.63, 3.8) is 0 Å². The fraction of sp³-hybridized carbons (Fsp3) is 0.957. The van der Waals surface area contributed by atoms with Gasteiger partial charge in [0.15, 0.2) is 0 Å². The molecule has 0 amide bonds. The first-order chi connectivity index (χ1) is 25.0. The number of aliphatic hydroxyl groups is 1. The number of aliphatic hydroxyl groups excluding tert-OH is 1. The molecule has 0 saturated heterocycles. The molecule has 0 atom stereocenters. The minimum atomic E-state index is -0.404. The molecule has 0 unspecified atom stereocenters. The highest BCUT2D eigenvalue weighted by atomic mass is 16.5. The van der Waals surface area contributed by atoms with Crippen LogP contribution in [-0.4, -0.2) is 61.4 Å². The van der Waals surface area contributed by atoms with Crippen molar-refractivity contribution in [1.29, 1.82) is 0 Å². The summed E-state index contributed by atoms with van der Waals surface area (Å²) in [6, 6.07) is 0. The van der Waals surface area contributed by atoms with Gasteiger partial charge in [0.25, 0.3) is 0 Å². The van der Waals surface area contributed by atoms with Gasteiger partial charge in [-0.1, -0.05) is 157 Å². The largest absolute Gasteiger partial charge is 0.465 e. The Morgan fingerprint density at radius 3 is 1.67 bits per heavy atom. The van der Waals surface area contributed by atoms with Gasteiger partial charge in [-0.25, -0.2) is 0 Å². The molecule has 0 radical (unpaired) electrons. The lowest BCUT2D eigenvalue weighted by molar-refractivity contribution is -0.154. The molecule has 1 N–H and O–H groups in total. The molecule has 0 fully saturated rings. The summed E-state index contributed by atoms with van der Waals surface area (Å²) in [5.74, 6) is 0.775. The molecule has 0 spiro atoms. The van der Waals surface area contributed by atoms with E-state index in [4.69, 9.17) is 9.47 Å². The van der Waals surface area contributed by atoms with E-state index in [9.17, 15) is 14.7 Å². The van der Waals surface area contributed by atoms with Gasteiger partial charge < -0.3 is 19.5 Å². The Balaban J connectivity index is 4.21. The van der Waals surface area contributed by atoms with Crippen molar-refractivity contribution in [1.82, 2.24) is 4.90 Å². The SMILES string of the molecule is CCCCCCCCCOC(=O)C(C)(C)CCCCCCN(CCCCO)CCCCCC(C)(C)COC(=O)CCCCC(CCCC)CCCC. The monoisotopic (exact) mass is 738 g/mol. The summed E-state index contributed by atoms with van der Waals surface area (Å²) in [5.41, 5.74) is -0.389. The van der Waals surface area contributed by atoms with E-state index >= 15 is 0 Å². The lowest BCUT2D eigenvalue weighted by Gasteiger charge is -2.25. The third kappa shape index (κ3) is 31.2. The van der Waals surface area contributed by atoms with Crippen molar-refractivity contribution < 1.29 is 24.2 Å². The van der Waals surface area contributed by atoms with Crippen molar-refractivity contribution in [3.8, 4) is 0 Å². The van der Waals surface area contributed by atoms with Crippen LogP contribution in [0.1, 0.15) is 228 Å². The zero-order valence-electron chi connectivity index (χ0n) is 36.1. The second kappa shape index (κ2) is 34.4. The molecule has 0 saturated carbocycles. The average molecular weight is 738 g/mol. The molecule has 310 valence electrons. The Labute approximate surface area is 324 Å². The maximum atomic E-state index is 12.7. The molecule has 0 aromatic carbocycles. The van der Waals surface area contributed by atoms with Gasteiger partial charge in [0.1, 0.15) is 0 Å². The van der Waals surface area contributed by atoms with Crippen LogP contribution in [0.15, 0.2) is 0 Å². The van der Waals surface area contributed by atoms with Gasteiger partial charge in [0, 0.05) is 13.0 Å². The molecule has 6 heteroatoms. The highest BCUT2D eigenvalue weighted by Crippen LogP contribution is 2.27. The summed E-state index contributed by atoms with van der Waals surface area (Å²) in [6.07, 6.45) is 32.4. The van der Waals surface area contributed by atoms with Crippen LogP contribution in [0.3, 0.4) is 0 Å². The molecule has 0 aromatic heterocycles. The van der Waals surface area contributed by atoms with Crippen LogP contribution in [-0.2, 0) is 19.1 Å². The van der Waals surface area contributed by atoms with Crippen molar-refractivity contribution in [2.45, 2.75) is 228 Å². The molecular formula is C46H91NO5. The Morgan fingerprint density at radius 2 is 1.06 bits per heavy atom. The molecular weight excluding hydrogens is 647 g/mol. The number of hydrogen-bond donors (Lipinski definition) is 1. The van der Waals surface area contributed by atoms with Gasteiger partial charge in [-0.2, -0.15) is 0 Å². The number of ether oxygens (including phenoxy) is 2. The predicted molar refractivity (Wildman–Crippen MR) is 223 cm³/mol. The maximum Gasteiger partial charge on any atom is 0.311 e. The number of rotatable bonds is 39. The van der Waals surface area contributed by atoms with Crippen LogP contribution >= 0.6 is 0 Å². The third-order valence-electron chi connectivity index (χ3n) is 11.1. The zero-order valence-corrected chi connectivity index (χ0v) is 36.1. The summed E-state index contributed by atoms with van der Waals surface area (Å²) >= 11 is 0. The van der Waals surface area contributed by atoms with Gasteiger partial charge in [0.05, 0.1) is 18.6 Å². The van der Waals surface area contributed by atoms with Gasteiger partial charge in [-0.05, 0) is 96.2 Å². The van der Waals surface area contributed by atoms with E-state index in [1.807, 2.05) is 13.8 Å². The molecule has 0 aliphatic carbocycles. The summed E-state index contributed by atoms with van der Waals surface area (Å²) in [7, 11) is 0. The van der Waals surface area contributed by atoms with E-state index in [2.05, 4.69) is 39.5 Å². The molecule has 0 aromatic rings. The van der Waals surface area contributed by atoms with E-state index in [1.165, 1.54) is 103 Å². The predicted octanol–water partition coefficient (Wildman–Crippen LogP) is 13.0. The first-order valence-electron chi connectivity index (χ1n) is 22.7. The van der Waals surface area contributed by atoms with Crippen LogP contribution in [0.25, 0.3) is 0 Å². The zero-order chi connectivity index (χ0) is 38.8. The molecule has 0 aliphatic rings. The van der Waals surface area contributed by atoms with Gasteiger partial charge >= 0.3 is 11.9 Å². The molecule has 6 nitrogen and oxygen atoms in total. The van der Waals surface area contributed by atoms with Crippen molar-refractivity contribution >= 4 is 11.9 Å². The van der Waals surface area contributed by atoms with E-state index in [0.29, 0.717) is 19.6 Å². The second-order valence-corrected chi connectivity index (χ2v) is 17.6. The number of carbonyl (C=O) groups excluding carboxylic acids is 2. The van der Waals surface area contributed by atoms with Gasteiger partial charge in [-0.15, -0.1) is 0 Å². The Hall–Kier alpha value is -1.14. The first-order valence-corrected chi connectivity index (χ1v) is 22.7. The summed E-state index contributed by atoms with van der Waals surface area (Å²) in [4.78, 5) is 27.7. The average Bonchev–Trinajstić information content (AvgIpc) is 3.12. The minimum Gasteiger partial charge on any atom is -0.465 e. The summed E-state index contributed by atoms with van der Waals surface area (Å²) in [6.45, 7) is 20.0. The van der Waals surface area contributed by atoms with Gasteiger partial charge in [0.2, 0.25) is 0 Å².